The molecule has 0 aliphatic carbocycles. The van der Waals surface area contributed by atoms with Crippen LogP contribution in [-0.4, -0.2) is 25.4 Å². The van der Waals surface area contributed by atoms with E-state index in [9.17, 15) is 5.11 Å². The van der Waals surface area contributed by atoms with Crippen molar-refractivity contribution in [3.63, 3.8) is 0 Å². The van der Waals surface area contributed by atoms with Gasteiger partial charge in [-0.2, -0.15) is 0 Å². The van der Waals surface area contributed by atoms with Gasteiger partial charge in [0.05, 0.1) is 13.2 Å². The molecule has 0 heterocycles. The Kier molecular flexibility index (Phi) is 5.45. The molecule has 1 unspecified atom stereocenters. The van der Waals surface area contributed by atoms with Crippen molar-refractivity contribution in [1.29, 1.82) is 0 Å². The normalized spacial score (nSPS) is 12.5. The molecule has 0 amide bonds. The molecule has 1 N–H and O–H groups in total. The predicted molar refractivity (Wildman–Crippen MR) is 68.5 cm³/mol. The Labute approximate surface area is 103 Å². The Morgan fingerprint density at radius 3 is 2.53 bits per heavy atom. The van der Waals surface area contributed by atoms with Gasteiger partial charge in [-0.25, -0.2) is 0 Å². The van der Waals surface area contributed by atoms with Crippen LogP contribution in [0.3, 0.4) is 0 Å². The Balaban J connectivity index is 2.79. The number of methoxy groups -OCH3 is 1. The van der Waals surface area contributed by atoms with Crippen molar-refractivity contribution in [2.75, 3.05) is 20.3 Å². The summed E-state index contributed by atoms with van der Waals surface area (Å²) in [6.45, 7) is 7.20. The molecule has 0 aliphatic rings. The van der Waals surface area contributed by atoms with Crippen LogP contribution in [0.4, 0.5) is 0 Å². The fourth-order valence-corrected chi connectivity index (χ4v) is 1.89. The number of hydrogen-bond acceptors (Lipinski definition) is 3. The molecule has 17 heavy (non-hydrogen) atoms. The average molecular weight is 238 g/mol. The molecule has 1 rings (SSSR count). The Hall–Kier alpha value is -1.06. The highest BCUT2D eigenvalue weighted by molar-refractivity contribution is 5.42. The summed E-state index contributed by atoms with van der Waals surface area (Å²) in [6, 6.07) is 3.96. The molecule has 0 aliphatic heterocycles. The van der Waals surface area contributed by atoms with Crippen LogP contribution in [0.5, 0.6) is 5.75 Å². The highest BCUT2D eigenvalue weighted by Gasteiger charge is 2.12. The molecule has 0 saturated carbocycles. The van der Waals surface area contributed by atoms with Crippen LogP contribution in [0.15, 0.2) is 12.1 Å². The van der Waals surface area contributed by atoms with Crippen molar-refractivity contribution in [3.8, 4) is 5.75 Å². The van der Waals surface area contributed by atoms with Crippen molar-refractivity contribution >= 4 is 0 Å². The maximum Gasteiger partial charge on any atom is 0.122 e. The average Bonchev–Trinajstić information content (AvgIpc) is 2.31. The Bertz CT molecular complexity index is 361. The zero-order valence-corrected chi connectivity index (χ0v) is 11.1. The van der Waals surface area contributed by atoms with Gasteiger partial charge in [0.25, 0.3) is 0 Å². The van der Waals surface area contributed by atoms with E-state index in [1.54, 1.807) is 7.11 Å². The summed E-state index contributed by atoms with van der Waals surface area (Å²) in [5.74, 6) is 0.864. The molecule has 1 atom stereocenters. The number of ether oxygens (including phenoxy) is 2. The summed E-state index contributed by atoms with van der Waals surface area (Å²) in [7, 11) is 1.66. The molecule has 1 aromatic rings. The molecule has 3 heteroatoms. The zero-order valence-electron chi connectivity index (χ0n) is 11.1. The van der Waals surface area contributed by atoms with Gasteiger partial charge in [-0.3, -0.25) is 0 Å². The summed E-state index contributed by atoms with van der Waals surface area (Å²) in [6.07, 6.45) is 0.159. The largest absolute Gasteiger partial charge is 0.496 e. The van der Waals surface area contributed by atoms with Crippen LogP contribution in [0.2, 0.25) is 0 Å². The number of rotatable bonds is 6. The van der Waals surface area contributed by atoms with Crippen LogP contribution in [-0.2, 0) is 4.74 Å². The van der Waals surface area contributed by atoms with Gasteiger partial charge in [-0.05, 0) is 49.6 Å². The van der Waals surface area contributed by atoms with Crippen LogP contribution >= 0.6 is 0 Å². The molecule has 0 spiro atoms. The summed E-state index contributed by atoms with van der Waals surface area (Å²) >= 11 is 0. The SMILES string of the molecule is CCOCCC(O)c1cc(C)c(OC)cc1C. The topological polar surface area (TPSA) is 38.7 Å². The van der Waals surface area contributed by atoms with E-state index in [-0.39, 0.29) is 0 Å². The molecular formula is C14H22O3. The first-order valence-corrected chi connectivity index (χ1v) is 6.01. The highest BCUT2D eigenvalue weighted by Crippen LogP contribution is 2.27. The Morgan fingerprint density at radius 1 is 1.24 bits per heavy atom. The third-order valence-electron chi connectivity index (χ3n) is 2.88. The summed E-state index contributed by atoms with van der Waals surface area (Å²) in [4.78, 5) is 0. The van der Waals surface area contributed by atoms with E-state index in [0.717, 1.165) is 22.4 Å². The minimum absolute atomic E-state index is 0.467. The summed E-state index contributed by atoms with van der Waals surface area (Å²) in [5.41, 5.74) is 3.06. The second kappa shape index (κ2) is 6.62. The number of aliphatic hydroxyl groups excluding tert-OH is 1. The van der Waals surface area contributed by atoms with Gasteiger partial charge in [0.1, 0.15) is 5.75 Å². The molecule has 0 bridgehead atoms. The first-order valence-electron chi connectivity index (χ1n) is 6.01. The van der Waals surface area contributed by atoms with Gasteiger partial charge < -0.3 is 14.6 Å². The van der Waals surface area contributed by atoms with E-state index in [1.165, 1.54) is 0 Å². The van der Waals surface area contributed by atoms with E-state index in [0.29, 0.717) is 19.6 Å². The minimum atomic E-state index is -0.467. The van der Waals surface area contributed by atoms with Crippen molar-refractivity contribution in [2.24, 2.45) is 0 Å². The lowest BCUT2D eigenvalue weighted by Crippen LogP contribution is -2.06. The van der Waals surface area contributed by atoms with E-state index in [1.807, 2.05) is 32.9 Å². The van der Waals surface area contributed by atoms with Crippen molar-refractivity contribution < 1.29 is 14.6 Å². The van der Waals surface area contributed by atoms with E-state index in [4.69, 9.17) is 9.47 Å². The monoisotopic (exact) mass is 238 g/mol. The fourth-order valence-electron chi connectivity index (χ4n) is 1.89. The molecule has 96 valence electrons. The maximum absolute atomic E-state index is 10.1. The van der Waals surface area contributed by atoms with Crippen LogP contribution in [0.25, 0.3) is 0 Å². The highest BCUT2D eigenvalue weighted by atomic mass is 16.5. The second-order valence-electron chi connectivity index (χ2n) is 4.18. The molecule has 0 saturated heterocycles. The number of benzene rings is 1. The second-order valence-corrected chi connectivity index (χ2v) is 4.18. The number of aryl methyl sites for hydroxylation is 2. The van der Waals surface area contributed by atoms with E-state index in [2.05, 4.69) is 0 Å². The van der Waals surface area contributed by atoms with Crippen molar-refractivity contribution in [1.82, 2.24) is 0 Å². The lowest BCUT2D eigenvalue weighted by Gasteiger charge is -2.16. The third-order valence-corrected chi connectivity index (χ3v) is 2.88. The van der Waals surface area contributed by atoms with Crippen LogP contribution in [0, 0.1) is 13.8 Å². The van der Waals surface area contributed by atoms with Gasteiger partial charge in [-0.1, -0.05) is 0 Å². The lowest BCUT2D eigenvalue weighted by molar-refractivity contribution is 0.0883. The predicted octanol–water partition coefficient (Wildman–Crippen LogP) is 2.77. The summed E-state index contributed by atoms with van der Waals surface area (Å²) in [5, 5.41) is 10.1. The molecule has 1 aromatic carbocycles. The molecule has 3 nitrogen and oxygen atoms in total. The van der Waals surface area contributed by atoms with E-state index >= 15 is 0 Å². The van der Waals surface area contributed by atoms with Crippen molar-refractivity contribution in [3.05, 3.63) is 28.8 Å². The quantitative estimate of drug-likeness (QED) is 0.774. The van der Waals surface area contributed by atoms with Gasteiger partial charge in [0.15, 0.2) is 0 Å². The van der Waals surface area contributed by atoms with E-state index < -0.39 is 6.10 Å². The van der Waals surface area contributed by atoms with Gasteiger partial charge in [0, 0.05) is 19.6 Å². The standard InChI is InChI=1S/C14H22O3/c1-5-17-7-6-13(15)12-8-11(3)14(16-4)9-10(12)2/h8-9,13,15H,5-7H2,1-4H3. The number of aliphatic hydroxyl groups is 1. The maximum atomic E-state index is 10.1. The first-order chi connectivity index (χ1) is 8.10. The number of hydrogen-bond donors (Lipinski definition) is 1. The smallest absolute Gasteiger partial charge is 0.122 e. The van der Waals surface area contributed by atoms with Crippen LogP contribution < -0.4 is 4.74 Å². The summed E-state index contributed by atoms with van der Waals surface area (Å²) < 4.78 is 10.5. The van der Waals surface area contributed by atoms with Gasteiger partial charge in [-0.15, -0.1) is 0 Å². The molecule has 0 aromatic heterocycles. The lowest BCUT2D eigenvalue weighted by atomic mass is 9.98. The minimum Gasteiger partial charge on any atom is -0.496 e. The molecule has 0 radical (unpaired) electrons. The van der Waals surface area contributed by atoms with Crippen molar-refractivity contribution in [2.45, 2.75) is 33.3 Å². The Morgan fingerprint density at radius 2 is 1.94 bits per heavy atom. The van der Waals surface area contributed by atoms with Gasteiger partial charge >= 0.3 is 0 Å². The first kappa shape index (κ1) is 14.0. The zero-order chi connectivity index (χ0) is 12.8. The molecular weight excluding hydrogens is 216 g/mol. The fraction of sp³-hybridized carbons (Fsp3) is 0.571. The third kappa shape index (κ3) is 3.72. The van der Waals surface area contributed by atoms with Gasteiger partial charge in [0.2, 0.25) is 0 Å². The molecule has 0 fully saturated rings. The van der Waals surface area contributed by atoms with Crippen LogP contribution in [0.1, 0.15) is 36.1 Å².